The summed E-state index contributed by atoms with van der Waals surface area (Å²) < 4.78 is 12.1. The van der Waals surface area contributed by atoms with E-state index in [0.29, 0.717) is 36.2 Å². The van der Waals surface area contributed by atoms with Gasteiger partial charge in [0, 0.05) is 30.0 Å². The van der Waals surface area contributed by atoms with Gasteiger partial charge in [0.15, 0.2) is 6.54 Å². The number of allylic oxidation sites excluding steroid dienone is 2. The summed E-state index contributed by atoms with van der Waals surface area (Å²) in [6.07, 6.45) is 3.55. The van der Waals surface area contributed by atoms with E-state index < -0.39 is 0 Å². The minimum Gasteiger partial charge on any atom is -1.00 e. The van der Waals surface area contributed by atoms with Crippen LogP contribution < -0.4 is 32.7 Å². The molecule has 0 aliphatic carbocycles. The molecule has 0 saturated heterocycles. The number of fused-ring (bicyclic) bond motifs is 1. The largest absolute Gasteiger partial charge is 1.00 e. The van der Waals surface area contributed by atoms with Crippen LogP contribution in [0.5, 0.6) is 5.75 Å². The molecular formula is C23H33BrN2O4. The molecule has 0 aliphatic heterocycles. The Morgan fingerprint density at radius 1 is 1.20 bits per heavy atom. The number of rotatable bonds is 10. The summed E-state index contributed by atoms with van der Waals surface area (Å²) in [5.74, 6) is 0.797. The standard InChI is InChI=1S/C23H32N2O4.BrH/c1-6-24-21(26)16-25(4,5)14-7-15-28-20-12-9-18-10-13-22(27)29-23(18)19(20)11-8-17(2)3;/h8-10,12-13H,6-7,11,14-16H2,1-5H3;1H. The summed E-state index contributed by atoms with van der Waals surface area (Å²) in [6.45, 7) is 8.44. The Balaban J connectivity index is 0.00000450. The van der Waals surface area contributed by atoms with Crippen LogP contribution in [0.2, 0.25) is 0 Å². The number of benzene rings is 1. The highest BCUT2D eigenvalue weighted by Crippen LogP contribution is 2.28. The number of hydrogen-bond donors (Lipinski definition) is 1. The molecule has 6 nitrogen and oxygen atoms in total. The number of nitrogens with zero attached hydrogens (tertiary/aromatic N) is 1. The van der Waals surface area contributed by atoms with E-state index in [-0.39, 0.29) is 28.5 Å². The molecule has 1 aromatic carbocycles. The van der Waals surface area contributed by atoms with E-state index in [1.165, 1.54) is 11.6 Å². The lowest BCUT2D eigenvalue weighted by molar-refractivity contribution is -0.882. The highest BCUT2D eigenvalue weighted by molar-refractivity contribution is 5.82. The number of halogens is 1. The zero-order chi connectivity index (χ0) is 21.4. The van der Waals surface area contributed by atoms with Crippen molar-refractivity contribution in [2.24, 2.45) is 0 Å². The molecule has 30 heavy (non-hydrogen) atoms. The summed E-state index contributed by atoms with van der Waals surface area (Å²) >= 11 is 0. The highest BCUT2D eigenvalue weighted by atomic mass is 79.9. The smallest absolute Gasteiger partial charge is 0.336 e. The number of carbonyl (C=O) groups excluding carboxylic acids is 1. The van der Waals surface area contributed by atoms with Crippen LogP contribution in [-0.2, 0) is 11.2 Å². The van der Waals surface area contributed by atoms with Crippen molar-refractivity contribution in [2.45, 2.75) is 33.6 Å². The first-order chi connectivity index (χ1) is 13.7. The Hall–Kier alpha value is -2.12. The number of hydrogen-bond acceptors (Lipinski definition) is 4. The van der Waals surface area contributed by atoms with E-state index in [9.17, 15) is 9.59 Å². The molecule has 0 aliphatic rings. The Morgan fingerprint density at radius 3 is 2.57 bits per heavy atom. The molecule has 7 heteroatoms. The minimum atomic E-state index is -0.363. The second-order valence-electron chi connectivity index (χ2n) is 8.17. The van der Waals surface area contributed by atoms with Gasteiger partial charge in [-0.05, 0) is 45.4 Å². The van der Waals surface area contributed by atoms with Crippen molar-refractivity contribution in [1.29, 1.82) is 0 Å². The van der Waals surface area contributed by atoms with Crippen molar-refractivity contribution in [3.05, 3.63) is 51.9 Å². The number of nitrogens with one attached hydrogen (secondary N) is 1. The number of amides is 1. The minimum absolute atomic E-state index is 0. The van der Waals surface area contributed by atoms with Gasteiger partial charge in [-0.1, -0.05) is 11.6 Å². The fourth-order valence-electron chi connectivity index (χ4n) is 3.20. The number of carbonyl (C=O) groups is 1. The summed E-state index contributed by atoms with van der Waals surface area (Å²) in [6, 6.07) is 7.06. The van der Waals surface area contributed by atoms with E-state index in [1.54, 1.807) is 6.07 Å². The molecule has 2 aromatic rings. The predicted octanol–water partition coefficient (Wildman–Crippen LogP) is 0.287. The normalized spacial score (nSPS) is 11.0. The fourth-order valence-corrected chi connectivity index (χ4v) is 3.20. The van der Waals surface area contributed by atoms with E-state index in [1.807, 2.05) is 47.0 Å². The maximum atomic E-state index is 11.8. The van der Waals surface area contributed by atoms with Crippen molar-refractivity contribution in [2.75, 3.05) is 40.3 Å². The summed E-state index contributed by atoms with van der Waals surface area (Å²) in [7, 11) is 4.08. The molecule has 1 N–H and O–H groups in total. The van der Waals surface area contributed by atoms with Crippen molar-refractivity contribution in [1.82, 2.24) is 5.32 Å². The molecule has 0 bridgehead atoms. The fraction of sp³-hybridized carbons (Fsp3) is 0.478. The average Bonchev–Trinajstić information content (AvgIpc) is 2.63. The Morgan fingerprint density at radius 2 is 1.90 bits per heavy atom. The zero-order valence-corrected chi connectivity index (χ0v) is 20.2. The van der Waals surface area contributed by atoms with Crippen LogP contribution in [0.25, 0.3) is 11.0 Å². The Bertz CT molecular complexity index is 930. The SMILES string of the molecule is CCNC(=O)C[N+](C)(C)CCCOc1ccc2ccc(=O)oc2c1CC=C(C)C.[Br-]. The zero-order valence-electron chi connectivity index (χ0n) is 18.6. The lowest BCUT2D eigenvalue weighted by Gasteiger charge is -2.29. The second kappa shape index (κ2) is 11.9. The molecule has 0 atom stereocenters. The predicted molar refractivity (Wildman–Crippen MR) is 116 cm³/mol. The van der Waals surface area contributed by atoms with E-state index >= 15 is 0 Å². The molecule has 0 unspecified atom stereocenters. The topological polar surface area (TPSA) is 68.5 Å². The van der Waals surface area contributed by atoms with Gasteiger partial charge in [-0.15, -0.1) is 0 Å². The summed E-state index contributed by atoms with van der Waals surface area (Å²) in [5, 5.41) is 3.73. The van der Waals surface area contributed by atoms with Crippen LogP contribution in [0.3, 0.4) is 0 Å². The lowest BCUT2D eigenvalue weighted by Crippen LogP contribution is -3.00. The summed E-state index contributed by atoms with van der Waals surface area (Å²) in [4.78, 5) is 23.6. The van der Waals surface area contributed by atoms with E-state index in [2.05, 4.69) is 11.4 Å². The number of quaternary nitrogens is 1. The highest BCUT2D eigenvalue weighted by Gasteiger charge is 2.19. The molecule has 1 aromatic heterocycles. The molecular weight excluding hydrogens is 448 g/mol. The van der Waals surface area contributed by atoms with Crippen molar-refractivity contribution in [3.8, 4) is 5.75 Å². The maximum Gasteiger partial charge on any atom is 0.336 e. The van der Waals surface area contributed by atoms with Crippen LogP contribution in [0, 0.1) is 0 Å². The van der Waals surface area contributed by atoms with Gasteiger partial charge in [0.2, 0.25) is 0 Å². The molecule has 0 radical (unpaired) electrons. The lowest BCUT2D eigenvalue weighted by atomic mass is 10.1. The maximum absolute atomic E-state index is 11.8. The van der Waals surface area contributed by atoms with E-state index in [0.717, 1.165) is 29.7 Å². The van der Waals surface area contributed by atoms with Gasteiger partial charge >= 0.3 is 5.63 Å². The molecule has 1 heterocycles. The Kier molecular flexibility index (Phi) is 10.3. The number of ether oxygens (including phenoxy) is 1. The molecule has 1 amide bonds. The van der Waals surface area contributed by atoms with Gasteiger partial charge in [0.05, 0.1) is 27.2 Å². The van der Waals surface area contributed by atoms with Crippen LogP contribution in [0.1, 0.15) is 32.8 Å². The quantitative estimate of drug-likeness (QED) is 0.229. The molecule has 0 spiro atoms. The molecule has 0 fully saturated rings. The van der Waals surface area contributed by atoms with Crippen molar-refractivity contribution < 1.29 is 35.4 Å². The van der Waals surface area contributed by atoms with Crippen LogP contribution in [-0.4, -0.2) is 50.7 Å². The average molecular weight is 481 g/mol. The number of likely N-dealkylation sites (N-methyl/N-ethyl adjacent to an activating group) is 2. The van der Waals surface area contributed by atoms with Crippen molar-refractivity contribution >= 4 is 16.9 Å². The van der Waals surface area contributed by atoms with Gasteiger partial charge in [-0.25, -0.2) is 4.79 Å². The third kappa shape index (κ3) is 7.95. The van der Waals surface area contributed by atoms with Gasteiger partial charge in [-0.3, -0.25) is 4.79 Å². The summed E-state index contributed by atoms with van der Waals surface area (Å²) in [5.41, 5.74) is 2.30. The third-order valence-corrected chi connectivity index (χ3v) is 4.67. The monoisotopic (exact) mass is 480 g/mol. The van der Waals surface area contributed by atoms with Gasteiger partial charge in [0.25, 0.3) is 5.91 Å². The molecule has 2 rings (SSSR count). The van der Waals surface area contributed by atoms with Crippen LogP contribution in [0.4, 0.5) is 0 Å². The van der Waals surface area contributed by atoms with Gasteiger partial charge in [0.1, 0.15) is 11.3 Å². The van der Waals surface area contributed by atoms with E-state index in [4.69, 9.17) is 9.15 Å². The second-order valence-corrected chi connectivity index (χ2v) is 8.17. The first-order valence-electron chi connectivity index (χ1n) is 10.1. The van der Waals surface area contributed by atoms with Crippen molar-refractivity contribution in [3.63, 3.8) is 0 Å². The molecule has 166 valence electrons. The van der Waals surface area contributed by atoms with Crippen LogP contribution >= 0.6 is 0 Å². The van der Waals surface area contributed by atoms with Gasteiger partial charge < -0.3 is 35.9 Å². The van der Waals surface area contributed by atoms with Gasteiger partial charge in [-0.2, -0.15) is 0 Å². The Labute approximate surface area is 189 Å². The third-order valence-electron chi connectivity index (χ3n) is 4.67. The molecule has 0 saturated carbocycles. The first kappa shape index (κ1) is 25.9. The van der Waals surface area contributed by atoms with Crippen LogP contribution in [0.15, 0.2) is 45.1 Å². The first-order valence-corrected chi connectivity index (χ1v) is 10.1.